The number of hydrogen-bond acceptors (Lipinski definition) is 1. The third kappa shape index (κ3) is 2.52. The maximum Gasteiger partial charge on any atom is 0.264 e. The van der Waals surface area contributed by atoms with Crippen LogP contribution in [0.4, 0.5) is 8.78 Å². The molecule has 74 valence electrons. The summed E-state index contributed by atoms with van der Waals surface area (Å²) in [4.78, 5) is 0. The van der Waals surface area contributed by atoms with Crippen LogP contribution in [0.5, 0.6) is 0 Å². The summed E-state index contributed by atoms with van der Waals surface area (Å²) in [5.41, 5.74) is 0.741. The van der Waals surface area contributed by atoms with Gasteiger partial charge in [-0.3, -0.25) is 0 Å². The monoisotopic (exact) mass is 259 g/mol. The number of alkyl halides is 2. The van der Waals surface area contributed by atoms with E-state index in [0.29, 0.717) is 17.3 Å². The van der Waals surface area contributed by atoms with E-state index in [-0.39, 0.29) is 5.56 Å². The Morgan fingerprint density at radius 3 is 2.71 bits per heavy atom. The molecule has 0 atom stereocenters. The Kier molecular flexibility index (Phi) is 4.02. The molecule has 0 aliphatic heterocycles. The van der Waals surface area contributed by atoms with Gasteiger partial charge >= 0.3 is 0 Å². The van der Waals surface area contributed by atoms with Gasteiger partial charge in [0.2, 0.25) is 0 Å². The van der Waals surface area contributed by atoms with Crippen LogP contribution in [0.2, 0.25) is 0 Å². The van der Waals surface area contributed by atoms with Gasteiger partial charge in [-0.2, -0.15) is 5.26 Å². The minimum Gasteiger partial charge on any atom is -0.205 e. The summed E-state index contributed by atoms with van der Waals surface area (Å²) in [6, 6.07) is 6.69. The molecule has 1 aromatic rings. The first-order chi connectivity index (χ1) is 6.66. The molecular weight excluding hydrogens is 252 g/mol. The minimum absolute atomic E-state index is 0.0135. The van der Waals surface area contributed by atoms with Gasteiger partial charge in [0.15, 0.2) is 0 Å². The fourth-order valence-corrected chi connectivity index (χ4v) is 1.79. The SMILES string of the molecule is N#CCCc1cccc(C(F)F)c1Br. The molecule has 0 aromatic heterocycles. The van der Waals surface area contributed by atoms with Crippen LogP contribution in [0, 0.1) is 11.3 Å². The van der Waals surface area contributed by atoms with Gasteiger partial charge in [0, 0.05) is 16.5 Å². The van der Waals surface area contributed by atoms with E-state index in [2.05, 4.69) is 15.9 Å². The van der Waals surface area contributed by atoms with E-state index in [9.17, 15) is 8.78 Å². The molecule has 14 heavy (non-hydrogen) atoms. The van der Waals surface area contributed by atoms with Crippen LogP contribution in [-0.4, -0.2) is 0 Å². The zero-order valence-corrected chi connectivity index (χ0v) is 8.89. The average Bonchev–Trinajstić information content (AvgIpc) is 2.16. The molecule has 0 saturated heterocycles. The number of rotatable bonds is 3. The number of hydrogen-bond donors (Lipinski definition) is 0. The number of nitriles is 1. The van der Waals surface area contributed by atoms with Crippen LogP contribution in [0.3, 0.4) is 0 Å². The predicted molar refractivity (Wildman–Crippen MR) is 53.0 cm³/mol. The summed E-state index contributed by atoms with van der Waals surface area (Å²) in [6.45, 7) is 0. The largest absolute Gasteiger partial charge is 0.264 e. The van der Waals surface area contributed by atoms with E-state index in [1.54, 1.807) is 12.1 Å². The van der Waals surface area contributed by atoms with E-state index in [1.807, 2.05) is 6.07 Å². The molecule has 0 radical (unpaired) electrons. The molecule has 0 spiro atoms. The van der Waals surface area contributed by atoms with Gasteiger partial charge in [-0.25, -0.2) is 8.78 Å². The lowest BCUT2D eigenvalue weighted by molar-refractivity contribution is 0.150. The Morgan fingerprint density at radius 1 is 1.43 bits per heavy atom. The van der Waals surface area contributed by atoms with E-state index in [4.69, 9.17) is 5.26 Å². The molecule has 1 rings (SSSR count). The summed E-state index contributed by atoms with van der Waals surface area (Å²) in [7, 11) is 0. The van der Waals surface area contributed by atoms with Crippen molar-refractivity contribution < 1.29 is 8.78 Å². The Bertz CT molecular complexity index is 358. The molecule has 0 aliphatic rings. The first kappa shape index (κ1) is 11.1. The van der Waals surface area contributed by atoms with E-state index >= 15 is 0 Å². The Balaban J connectivity index is 2.96. The van der Waals surface area contributed by atoms with Crippen molar-refractivity contribution in [2.45, 2.75) is 19.3 Å². The van der Waals surface area contributed by atoms with Gasteiger partial charge < -0.3 is 0 Å². The van der Waals surface area contributed by atoms with Gasteiger partial charge in [-0.15, -0.1) is 0 Å². The minimum atomic E-state index is -2.48. The van der Waals surface area contributed by atoms with Crippen molar-refractivity contribution in [3.8, 4) is 6.07 Å². The van der Waals surface area contributed by atoms with Gasteiger partial charge in [0.1, 0.15) is 0 Å². The molecule has 0 heterocycles. The highest BCUT2D eigenvalue weighted by Gasteiger charge is 2.13. The van der Waals surface area contributed by atoms with Crippen LogP contribution < -0.4 is 0 Å². The molecule has 4 heteroatoms. The van der Waals surface area contributed by atoms with Crippen LogP contribution in [0.25, 0.3) is 0 Å². The van der Waals surface area contributed by atoms with Gasteiger partial charge in [-0.05, 0) is 12.0 Å². The van der Waals surface area contributed by atoms with Crippen molar-refractivity contribution in [2.24, 2.45) is 0 Å². The van der Waals surface area contributed by atoms with Crippen molar-refractivity contribution in [3.63, 3.8) is 0 Å². The second kappa shape index (κ2) is 5.06. The molecule has 0 unspecified atom stereocenters. The smallest absolute Gasteiger partial charge is 0.205 e. The highest BCUT2D eigenvalue weighted by Crippen LogP contribution is 2.30. The summed E-state index contributed by atoms with van der Waals surface area (Å²) >= 11 is 3.12. The second-order valence-corrected chi connectivity index (χ2v) is 3.57. The number of nitrogens with zero attached hydrogens (tertiary/aromatic N) is 1. The highest BCUT2D eigenvalue weighted by molar-refractivity contribution is 9.10. The van der Waals surface area contributed by atoms with Crippen molar-refractivity contribution in [1.82, 2.24) is 0 Å². The maximum atomic E-state index is 12.4. The molecule has 1 aromatic carbocycles. The maximum absolute atomic E-state index is 12.4. The Hall–Kier alpha value is -0.950. The molecular formula is C10H8BrF2N. The quantitative estimate of drug-likeness (QED) is 0.809. The fourth-order valence-electron chi connectivity index (χ4n) is 1.15. The molecule has 0 fully saturated rings. The number of halogens is 3. The zero-order chi connectivity index (χ0) is 10.6. The Morgan fingerprint density at radius 2 is 2.14 bits per heavy atom. The molecule has 0 N–H and O–H groups in total. The van der Waals surface area contributed by atoms with Crippen molar-refractivity contribution in [3.05, 3.63) is 33.8 Å². The third-order valence-corrected chi connectivity index (χ3v) is 2.82. The van der Waals surface area contributed by atoms with E-state index < -0.39 is 6.43 Å². The first-order valence-electron chi connectivity index (χ1n) is 4.09. The lowest BCUT2D eigenvalue weighted by atomic mass is 10.1. The topological polar surface area (TPSA) is 23.8 Å². The summed E-state index contributed by atoms with van der Waals surface area (Å²) in [6.07, 6.45) is -1.64. The van der Waals surface area contributed by atoms with Gasteiger partial charge in [-0.1, -0.05) is 34.1 Å². The molecule has 0 aliphatic carbocycles. The molecule has 0 bridgehead atoms. The van der Waals surface area contributed by atoms with Crippen LogP contribution in [0.1, 0.15) is 24.0 Å². The summed E-state index contributed by atoms with van der Waals surface area (Å²) < 4.78 is 25.3. The third-order valence-electron chi connectivity index (χ3n) is 1.85. The van der Waals surface area contributed by atoms with Gasteiger partial charge in [0.05, 0.1) is 6.07 Å². The van der Waals surface area contributed by atoms with Crippen LogP contribution in [0.15, 0.2) is 22.7 Å². The van der Waals surface area contributed by atoms with Crippen molar-refractivity contribution >= 4 is 15.9 Å². The Labute approximate surface area is 89.5 Å². The second-order valence-electron chi connectivity index (χ2n) is 2.78. The van der Waals surface area contributed by atoms with Crippen LogP contribution in [-0.2, 0) is 6.42 Å². The number of aryl methyl sites for hydroxylation is 1. The average molecular weight is 260 g/mol. The molecule has 1 nitrogen and oxygen atoms in total. The summed E-state index contributed by atoms with van der Waals surface area (Å²) in [5.74, 6) is 0. The van der Waals surface area contributed by atoms with Crippen molar-refractivity contribution in [2.75, 3.05) is 0 Å². The first-order valence-corrected chi connectivity index (χ1v) is 4.88. The van der Waals surface area contributed by atoms with Gasteiger partial charge in [0.25, 0.3) is 6.43 Å². The van der Waals surface area contributed by atoms with E-state index in [0.717, 1.165) is 5.56 Å². The normalized spacial score (nSPS) is 10.2. The fraction of sp³-hybridized carbons (Fsp3) is 0.300. The zero-order valence-electron chi connectivity index (χ0n) is 7.30. The van der Waals surface area contributed by atoms with Crippen molar-refractivity contribution in [1.29, 1.82) is 5.26 Å². The molecule has 0 saturated carbocycles. The summed E-state index contributed by atoms with van der Waals surface area (Å²) in [5, 5.41) is 8.38. The lowest BCUT2D eigenvalue weighted by Gasteiger charge is -2.07. The van der Waals surface area contributed by atoms with E-state index in [1.165, 1.54) is 6.07 Å². The molecule has 0 amide bonds. The van der Waals surface area contributed by atoms with Crippen LogP contribution >= 0.6 is 15.9 Å². The lowest BCUT2D eigenvalue weighted by Crippen LogP contribution is -1.92. The number of benzene rings is 1. The standard InChI is InChI=1S/C10H8BrF2N/c11-9-7(4-2-6-14)3-1-5-8(9)10(12)13/h1,3,5,10H,2,4H2. The predicted octanol–water partition coefficient (Wildman–Crippen LogP) is 3.84. The highest BCUT2D eigenvalue weighted by atomic mass is 79.9.